The number of benzene rings is 1. The van der Waals surface area contributed by atoms with E-state index in [1.807, 2.05) is 18.2 Å². The maximum atomic E-state index is 11.7. The van der Waals surface area contributed by atoms with Crippen LogP contribution in [0.5, 0.6) is 0 Å². The number of H-pyrrole nitrogens is 1. The van der Waals surface area contributed by atoms with E-state index in [4.69, 9.17) is 4.42 Å². The standard InChI is InChI=1S/C13H12N2O2/c1-2-5-10-11-8-6-3-4-7-9(8)13(16)17-12(11)15-14-10/h3-4,6-7H,2,5H2,1H3,(H,14,15). The summed E-state index contributed by atoms with van der Waals surface area (Å²) in [6.07, 6.45) is 1.92. The molecule has 0 amide bonds. The van der Waals surface area contributed by atoms with Gasteiger partial charge in [-0.15, -0.1) is 5.10 Å². The molecule has 17 heavy (non-hydrogen) atoms. The summed E-state index contributed by atoms with van der Waals surface area (Å²) in [5.74, 6) is 0. The van der Waals surface area contributed by atoms with Crippen LogP contribution >= 0.6 is 0 Å². The van der Waals surface area contributed by atoms with Gasteiger partial charge in [0.1, 0.15) is 0 Å². The van der Waals surface area contributed by atoms with Crippen molar-refractivity contribution in [3.05, 3.63) is 40.4 Å². The van der Waals surface area contributed by atoms with E-state index >= 15 is 0 Å². The molecule has 0 bridgehead atoms. The molecule has 2 aromatic heterocycles. The van der Waals surface area contributed by atoms with Crippen LogP contribution in [0.1, 0.15) is 19.0 Å². The van der Waals surface area contributed by atoms with Crippen molar-refractivity contribution in [2.24, 2.45) is 0 Å². The maximum Gasteiger partial charge on any atom is 0.345 e. The summed E-state index contributed by atoms with van der Waals surface area (Å²) in [5.41, 5.74) is 1.10. The fourth-order valence-corrected chi connectivity index (χ4v) is 2.16. The molecule has 3 rings (SSSR count). The van der Waals surface area contributed by atoms with Crippen molar-refractivity contribution in [2.45, 2.75) is 19.8 Å². The van der Waals surface area contributed by atoms with Gasteiger partial charge in [-0.2, -0.15) is 0 Å². The molecule has 0 unspecified atom stereocenters. The van der Waals surface area contributed by atoms with Crippen molar-refractivity contribution >= 4 is 21.9 Å². The number of fused-ring (bicyclic) bond motifs is 3. The van der Waals surface area contributed by atoms with Crippen LogP contribution < -0.4 is 5.63 Å². The van der Waals surface area contributed by atoms with Gasteiger partial charge in [0.2, 0.25) is 5.71 Å². The molecule has 1 aromatic carbocycles. The van der Waals surface area contributed by atoms with Crippen LogP contribution in [0.25, 0.3) is 21.9 Å². The summed E-state index contributed by atoms with van der Waals surface area (Å²) in [7, 11) is 0. The number of nitrogens with one attached hydrogen (secondary N) is 1. The van der Waals surface area contributed by atoms with Crippen molar-refractivity contribution in [2.75, 3.05) is 0 Å². The highest BCUT2D eigenvalue weighted by Crippen LogP contribution is 2.24. The van der Waals surface area contributed by atoms with Gasteiger partial charge in [0.25, 0.3) is 0 Å². The van der Waals surface area contributed by atoms with Gasteiger partial charge in [0, 0.05) is 11.1 Å². The highest BCUT2D eigenvalue weighted by molar-refractivity contribution is 6.04. The van der Waals surface area contributed by atoms with Gasteiger partial charge >= 0.3 is 5.63 Å². The van der Waals surface area contributed by atoms with Crippen LogP contribution in [-0.2, 0) is 6.42 Å². The Morgan fingerprint density at radius 1 is 1.29 bits per heavy atom. The zero-order valence-corrected chi connectivity index (χ0v) is 9.49. The zero-order chi connectivity index (χ0) is 11.8. The van der Waals surface area contributed by atoms with Gasteiger partial charge in [-0.25, -0.2) is 4.79 Å². The van der Waals surface area contributed by atoms with E-state index < -0.39 is 0 Å². The first-order valence-corrected chi connectivity index (χ1v) is 5.70. The second-order valence-electron chi connectivity index (χ2n) is 4.07. The Bertz CT molecular complexity index is 740. The van der Waals surface area contributed by atoms with E-state index in [0.29, 0.717) is 11.1 Å². The van der Waals surface area contributed by atoms with Crippen molar-refractivity contribution < 1.29 is 4.42 Å². The Hall–Kier alpha value is -2.10. The average Bonchev–Trinajstić information content (AvgIpc) is 2.73. The lowest BCUT2D eigenvalue weighted by Crippen LogP contribution is -1.99. The van der Waals surface area contributed by atoms with Crippen molar-refractivity contribution in [1.29, 1.82) is 0 Å². The predicted octanol–water partition coefficient (Wildman–Crippen LogP) is 2.62. The monoisotopic (exact) mass is 228 g/mol. The molecule has 3 aromatic rings. The fourth-order valence-electron chi connectivity index (χ4n) is 2.16. The molecule has 4 heteroatoms. The number of hydrogen-bond donors (Lipinski definition) is 1. The van der Waals surface area contributed by atoms with Crippen LogP contribution in [0.15, 0.2) is 33.5 Å². The minimum absolute atomic E-state index is 0.331. The van der Waals surface area contributed by atoms with Gasteiger partial charge < -0.3 is 4.42 Å². The van der Waals surface area contributed by atoms with Gasteiger partial charge in [0.15, 0.2) is 0 Å². The number of rotatable bonds is 2. The van der Waals surface area contributed by atoms with E-state index in [0.717, 1.165) is 29.3 Å². The lowest BCUT2D eigenvalue weighted by molar-refractivity contribution is 0.556. The average molecular weight is 228 g/mol. The Morgan fingerprint density at radius 3 is 2.82 bits per heavy atom. The summed E-state index contributed by atoms with van der Waals surface area (Å²) >= 11 is 0. The Kier molecular flexibility index (Phi) is 2.21. The first kappa shape index (κ1) is 10.1. The predicted molar refractivity (Wildman–Crippen MR) is 66.1 cm³/mol. The molecule has 4 nitrogen and oxygen atoms in total. The van der Waals surface area contributed by atoms with Crippen LogP contribution in [0.2, 0.25) is 0 Å². The Balaban J connectivity index is 2.50. The molecular formula is C13H12N2O2. The topological polar surface area (TPSA) is 58.9 Å². The molecule has 86 valence electrons. The third kappa shape index (κ3) is 1.45. The van der Waals surface area contributed by atoms with Gasteiger partial charge in [-0.1, -0.05) is 31.5 Å². The summed E-state index contributed by atoms with van der Waals surface area (Å²) in [6, 6.07) is 7.47. The molecule has 1 N–H and O–H groups in total. The SMILES string of the molecule is CCCc1[nH]nc2oc(=O)c3ccccc3c12. The Morgan fingerprint density at radius 2 is 2.06 bits per heavy atom. The summed E-state index contributed by atoms with van der Waals surface area (Å²) in [5, 5.41) is 9.46. The van der Waals surface area contributed by atoms with E-state index in [9.17, 15) is 4.79 Å². The minimum atomic E-state index is -0.331. The second kappa shape index (κ2) is 3.73. The largest absolute Gasteiger partial charge is 0.402 e. The molecule has 0 aliphatic carbocycles. The smallest absolute Gasteiger partial charge is 0.345 e. The molecular weight excluding hydrogens is 216 g/mol. The van der Waals surface area contributed by atoms with Crippen LogP contribution in [0.3, 0.4) is 0 Å². The third-order valence-corrected chi connectivity index (χ3v) is 2.91. The van der Waals surface area contributed by atoms with E-state index in [1.54, 1.807) is 6.07 Å². The van der Waals surface area contributed by atoms with Crippen molar-refractivity contribution in [1.82, 2.24) is 10.2 Å². The van der Waals surface area contributed by atoms with Crippen LogP contribution in [-0.4, -0.2) is 10.2 Å². The minimum Gasteiger partial charge on any atom is -0.402 e. The summed E-state index contributed by atoms with van der Waals surface area (Å²) < 4.78 is 5.20. The fraction of sp³-hybridized carbons (Fsp3) is 0.231. The number of aryl methyl sites for hydroxylation is 1. The molecule has 0 aliphatic heterocycles. The molecule has 0 radical (unpaired) electrons. The maximum absolute atomic E-state index is 11.7. The second-order valence-corrected chi connectivity index (χ2v) is 4.07. The van der Waals surface area contributed by atoms with E-state index in [-0.39, 0.29) is 5.63 Å². The quantitative estimate of drug-likeness (QED) is 0.733. The molecule has 0 aliphatic rings. The normalized spacial score (nSPS) is 11.4. The Labute approximate surface area is 97.3 Å². The van der Waals surface area contributed by atoms with Crippen molar-refractivity contribution in [3.63, 3.8) is 0 Å². The molecule has 0 saturated carbocycles. The lowest BCUT2D eigenvalue weighted by atomic mass is 10.1. The molecule has 0 fully saturated rings. The number of aromatic amines is 1. The molecule has 0 atom stereocenters. The molecule has 0 spiro atoms. The van der Waals surface area contributed by atoms with E-state index in [1.165, 1.54) is 0 Å². The zero-order valence-electron chi connectivity index (χ0n) is 9.49. The van der Waals surface area contributed by atoms with E-state index in [2.05, 4.69) is 17.1 Å². The van der Waals surface area contributed by atoms with Gasteiger partial charge in [-0.05, 0) is 12.5 Å². The first-order chi connectivity index (χ1) is 8.31. The van der Waals surface area contributed by atoms with Gasteiger partial charge in [0.05, 0.1) is 10.8 Å². The van der Waals surface area contributed by atoms with Gasteiger partial charge in [-0.3, -0.25) is 5.10 Å². The first-order valence-electron chi connectivity index (χ1n) is 5.70. The highest BCUT2D eigenvalue weighted by Gasteiger charge is 2.12. The highest BCUT2D eigenvalue weighted by atomic mass is 16.4. The number of nitrogens with zero attached hydrogens (tertiary/aromatic N) is 1. The van der Waals surface area contributed by atoms with Crippen LogP contribution in [0.4, 0.5) is 0 Å². The lowest BCUT2D eigenvalue weighted by Gasteiger charge is -1.99. The number of aromatic nitrogens is 2. The third-order valence-electron chi connectivity index (χ3n) is 2.91. The van der Waals surface area contributed by atoms with Crippen molar-refractivity contribution in [3.8, 4) is 0 Å². The van der Waals surface area contributed by atoms with Crippen LogP contribution in [0, 0.1) is 0 Å². The summed E-state index contributed by atoms with van der Waals surface area (Å²) in [4.78, 5) is 11.7. The molecule has 0 saturated heterocycles. The molecule has 2 heterocycles. The summed E-state index contributed by atoms with van der Waals surface area (Å²) in [6.45, 7) is 2.11. The number of hydrogen-bond acceptors (Lipinski definition) is 3.